The second-order valence-electron chi connectivity index (χ2n) is 8.23. The highest BCUT2D eigenvalue weighted by Gasteiger charge is 2.30. The Morgan fingerprint density at radius 1 is 0.921 bits per heavy atom. The van der Waals surface area contributed by atoms with E-state index in [2.05, 4.69) is 15.6 Å². The fourth-order valence-corrected chi connectivity index (χ4v) is 3.59. The average molecular weight is 558 g/mol. The van der Waals surface area contributed by atoms with Crippen molar-refractivity contribution in [2.75, 3.05) is 0 Å². The van der Waals surface area contributed by atoms with Gasteiger partial charge in [-0.15, -0.1) is 0 Å². The Kier molecular flexibility index (Phi) is 9.36. The van der Waals surface area contributed by atoms with Crippen molar-refractivity contribution in [2.24, 2.45) is 16.5 Å². The molecular weight excluding hydrogens is 536 g/mol. The third-order valence-corrected chi connectivity index (χ3v) is 5.62. The third-order valence-electron chi connectivity index (χ3n) is 5.27. The van der Waals surface area contributed by atoms with Crippen LogP contribution in [-0.2, 0) is 12.7 Å². The zero-order chi connectivity index (χ0) is 28.0. The Balaban J connectivity index is 1.78. The van der Waals surface area contributed by atoms with E-state index in [9.17, 15) is 31.1 Å². The lowest BCUT2D eigenvalue weighted by Crippen LogP contribution is -2.50. The number of hydrogen-bond acceptors (Lipinski definition) is 4. The molecule has 13 heteroatoms. The van der Waals surface area contributed by atoms with Gasteiger partial charge in [0.15, 0.2) is 5.96 Å². The molecule has 0 aliphatic rings. The van der Waals surface area contributed by atoms with Crippen molar-refractivity contribution in [1.82, 2.24) is 10.6 Å². The first-order valence-corrected chi connectivity index (χ1v) is 11.4. The van der Waals surface area contributed by atoms with Gasteiger partial charge < -0.3 is 16.8 Å². The van der Waals surface area contributed by atoms with E-state index in [1.165, 1.54) is 6.07 Å². The van der Waals surface area contributed by atoms with Gasteiger partial charge in [-0.25, -0.2) is 18.2 Å². The summed E-state index contributed by atoms with van der Waals surface area (Å²) in [5.41, 5.74) is 11.6. The highest BCUT2D eigenvalue weighted by atomic mass is 35.5. The molecule has 2 atom stereocenters. The van der Waals surface area contributed by atoms with E-state index >= 15 is 0 Å². The number of benzene rings is 3. The summed E-state index contributed by atoms with van der Waals surface area (Å²) >= 11 is 6.02. The van der Waals surface area contributed by atoms with Gasteiger partial charge in [0.25, 0.3) is 5.91 Å². The van der Waals surface area contributed by atoms with Crippen LogP contribution in [0.15, 0.2) is 65.7 Å². The highest BCUT2D eigenvalue weighted by molar-refractivity contribution is 6.31. The van der Waals surface area contributed by atoms with Gasteiger partial charge in [-0.05, 0) is 66.1 Å². The largest absolute Gasteiger partial charge is 0.416 e. The molecule has 0 aromatic heterocycles. The van der Waals surface area contributed by atoms with Gasteiger partial charge in [-0.3, -0.25) is 10.1 Å². The summed E-state index contributed by atoms with van der Waals surface area (Å²) in [6.45, 7) is -0.136. The van der Waals surface area contributed by atoms with Crippen LogP contribution in [0.2, 0.25) is 5.02 Å². The predicted octanol–water partition coefficient (Wildman–Crippen LogP) is 5.03. The molecule has 0 saturated heterocycles. The molecule has 38 heavy (non-hydrogen) atoms. The number of nitrogens with two attached hydrogens (primary N) is 2. The van der Waals surface area contributed by atoms with Crippen molar-refractivity contribution in [1.29, 1.82) is 0 Å². The molecule has 0 fully saturated rings. The van der Waals surface area contributed by atoms with E-state index in [1.807, 2.05) is 0 Å². The van der Waals surface area contributed by atoms with E-state index < -0.39 is 47.3 Å². The Hall–Kier alpha value is -3.61. The lowest BCUT2D eigenvalue weighted by Gasteiger charge is -2.21. The van der Waals surface area contributed by atoms with Crippen LogP contribution in [0.5, 0.6) is 0 Å². The molecular formula is C25H22ClF6N5O. The highest BCUT2D eigenvalue weighted by Crippen LogP contribution is 2.29. The Morgan fingerprint density at radius 3 is 2.13 bits per heavy atom. The fourth-order valence-electron chi connectivity index (χ4n) is 3.36. The summed E-state index contributed by atoms with van der Waals surface area (Å²) in [6.07, 6.45) is -5.63. The van der Waals surface area contributed by atoms with Crippen LogP contribution in [0.25, 0.3) is 0 Å². The number of amides is 1. The smallest absolute Gasteiger partial charge is 0.341 e. The molecule has 3 rings (SSSR count). The molecule has 2 unspecified atom stereocenters. The average Bonchev–Trinajstić information content (AvgIpc) is 2.82. The number of rotatable bonds is 7. The lowest BCUT2D eigenvalue weighted by atomic mass is 10.0. The lowest BCUT2D eigenvalue weighted by molar-refractivity contribution is -0.137. The number of nitrogens with zero attached hydrogens (tertiary/aromatic N) is 1. The van der Waals surface area contributed by atoms with Crippen LogP contribution in [0.4, 0.5) is 26.3 Å². The molecule has 1 amide bonds. The first kappa shape index (κ1) is 29.0. The summed E-state index contributed by atoms with van der Waals surface area (Å²) in [5.74, 6) is -3.21. The first-order chi connectivity index (χ1) is 17.8. The molecule has 6 nitrogen and oxygen atoms in total. The van der Waals surface area contributed by atoms with Crippen molar-refractivity contribution in [3.63, 3.8) is 0 Å². The van der Waals surface area contributed by atoms with Gasteiger partial charge in [0.1, 0.15) is 17.5 Å². The number of halogens is 7. The predicted molar refractivity (Wildman–Crippen MR) is 130 cm³/mol. The topological polar surface area (TPSA) is 106 Å². The number of carbonyl (C=O) groups is 1. The second kappa shape index (κ2) is 12.3. The summed E-state index contributed by atoms with van der Waals surface area (Å²) in [7, 11) is 0. The van der Waals surface area contributed by atoms with Crippen LogP contribution in [-0.4, -0.2) is 18.0 Å². The Labute approximate surface area is 218 Å². The van der Waals surface area contributed by atoms with Crippen molar-refractivity contribution in [3.05, 3.63) is 105 Å². The van der Waals surface area contributed by atoms with E-state index in [1.54, 1.807) is 0 Å². The minimum atomic E-state index is -4.58. The SMILES string of the molecule is NC(CC(N)c1cc(F)cc(F)c1)NC(=NCc1ccc(F)cc1Cl)NC(=O)c1ccc(C(F)(F)F)cc1. The van der Waals surface area contributed by atoms with E-state index in [4.69, 9.17) is 23.1 Å². The maximum Gasteiger partial charge on any atom is 0.416 e. The third kappa shape index (κ3) is 8.20. The molecule has 6 N–H and O–H groups in total. The van der Waals surface area contributed by atoms with Crippen LogP contribution in [0.3, 0.4) is 0 Å². The zero-order valence-corrected chi connectivity index (χ0v) is 20.3. The standard InChI is InChI=1S/C25H22ClF6N5O/c26-20-10-17(27)6-3-14(20)12-35-24(37-23(38)13-1-4-16(5-2-13)25(30,31)32)36-22(34)11-21(33)15-7-18(28)9-19(29)8-15/h1-10,21-22H,11-12,33-34H2,(H2,35,36,37,38). The number of aliphatic imine (C=N–C) groups is 1. The van der Waals surface area contributed by atoms with Gasteiger partial charge in [-0.1, -0.05) is 17.7 Å². The maximum absolute atomic E-state index is 13.5. The van der Waals surface area contributed by atoms with E-state index in [-0.39, 0.29) is 35.1 Å². The number of carbonyl (C=O) groups excluding carboxylic acids is 1. The minimum absolute atomic E-state index is 0.0602. The van der Waals surface area contributed by atoms with Gasteiger partial charge >= 0.3 is 6.18 Å². The van der Waals surface area contributed by atoms with Crippen LogP contribution in [0.1, 0.15) is 39.5 Å². The second-order valence-corrected chi connectivity index (χ2v) is 8.63. The quantitative estimate of drug-likeness (QED) is 0.142. The summed E-state index contributed by atoms with van der Waals surface area (Å²) < 4.78 is 78.9. The monoisotopic (exact) mass is 557 g/mol. The number of nitrogens with one attached hydrogen (secondary N) is 2. The minimum Gasteiger partial charge on any atom is -0.341 e. The van der Waals surface area contributed by atoms with Crippen LogP contribution >= 0.6 is 11.6 Å². The molecule has 0 aliphatic carbocycles. The van der Waals surface area contributed by atoms with Crippen molar-refractivity contribution < 1.29 is 31.1 Å². The Bertz CT molecular complexity index is 1300. The number of guanidine groups is 1. The van der Waals surface area contributed by atoms with Crippen LogP contribution in [0, 0.1) is 17.5 Å². The maximum atomic E-state index is 13.5. The molecule has 0 aliphatic heterocycles. The molecule has 0 bridgehead atoms. The molecule has 202 valence electrons. The molecule has 0 spiro atoms. The summed E-state index contributed by atoms with van der Waals surface area (Å²) in [4.78, 5) is 16.9. The van der Waals surface area contributed by atoms with Crippen molar-refractivity contribution in [3.8, 4) is 0 Å². The van der Waals surface area contributed by atoms with E-state index in [0.717, 1.165) is 48.5 Å². The first-order valence-electron chi connectivity index (χ1n) is 11.0. The van der Waals surface area contributed by atoms with Crippen molar-refractivity contribution in [2.45, 2.75) is 31.3 Å². The van der Waals surface area contributed by atoms with Gasteiger partial charge in [0, 0.05) is 22.7 Å². The number of hydrogen-bond donors (Lipinski definition) is 4. The number of alkyl halides is 3. The molecule has 3 aromatic carbocycles. The molecule has 0 radical (unpaired) electrons. The molecule has 3 aromatic rings. The normalized spacial score (nSPS) is 13.7. The summed E-state index contributed by atoms with van der Waals surface area (Å²) in [5, 5.41) is 5.20. The van der Waals surface area contributed by atoms with Gasteiger partial charge in [-0.2, -0.15) is 13.2 Å². The van der Waals surface area contributed by atoms with Crippen LogP contribution < -0.4 is 22.1 Å². The molecule has 0 heterocycles. The van der Waals surface area contributed by atoms with Crippen molar-refractivity contribution >= 4 is 23.5 Å². The fraction of sp³-hybridized carbons (Fsp3) is 0.200. The zero-order valence-electron chi connectivity index (χ0n) is 19.5. The van der Waals surface area contributed by atoms with Gasteiger partial charge in [0.05, 0.1) is 18.3 Å². The molecule has 0 saturated carbocycles. The summed E-state index contributed by atoms with van der Waals surface area (Å²) in [6, 6.07) is 8.98. The van der Waals surface area contributed by atoms with E-state index in [0.29, 0.717) is 11.6 Å². The Morgan fingerprint density at radius 2 is 1.55 bits per heavy atom. The van der Waals surface area contributed by atoms with Gasteiger partial charge in [0.2, 0.25) is 0 Å².